The second-order valence-electron chi connectivity index (χ2n) is 5.28. The summed E-state index contributed by atoms with van der Waals surface area (Å²) in [5.41, 5.74) is 6.81. The van der Waals surface area contributed by atoms with Gasteiger partial charge in [0.05, 0.1) is 0 Å². The SMILES string of the molecule is S/C=C(\S)c1ccc2c3c4c(ccc13)C=CCC4=CC2. The number of rotatable bonds is 1. The van der Waals surface area contributed by atoms with E-state index < -0.39 is 0 Å². The molecule has 0 aromatic heterocycles. The Balaban J connectivity index is 2.17. The van der Waals surface area contributed by atoms with Crippen LogP contribution in [-0.2, 0) is 6.42 Å². The number of hydrogen-bond donors (Lipinski definition) is 2. The molecule has 2 aromatic rings. The molecule has 2 aliphatic carbocycles. The maximum absolute atomic E-state index is 4.55. The van der Waals surface area contributed by atoms with Crippen molar-refractivity contribution in [2.45, 2.75) is 12.8 Å². The molecule has 4 rings (SSSR count). The lowest BCUT2D eigenvalue weighted by Crippen LogP contribution is -2.03. The van der Waals surface area contributed by atoms with E-state index in [4.69, 9.17) is 0 Å². The van der Waals surface area contributed by atoms with Crippen LogP contribution in [0.1, 0.15) is 28.7 Å². The second kappa shape index (κ2) is 4.57. The zero-order chi connectivity index (χ0) is 13.7. The quantitative estimate of drug-likeness (QED) is 0.650. The van der Waals surface area contributed by atoms with E-state index in [0.29, 0.717) is 0 Å². The largest absolute Gasteiger partial charge is 0.150 e. The molecule has 2 aliphatic rings. The summed E-state index contributed by atoms with van der Waals surface area (Å²) in [6.07, 6.45) is 8.95. The number of allylic oxidation sites excluding steroid dienone is 3. The van der Waals surface area contributed by atoms with Gasteiger partial charge in [-0.05, 0) is 56.8 Å². The summed E-state index contributed by atoms with van der Waals surface area (Å²) in [7, 11) is 0. The fraction of sp³-hybridized carbons (Fsp3) is 0.111. The van der Waals surface area contributed by atoms with Gasteiger partial charge >= 0.3 is 0 Å². The summed E-state index contributed by atoms with van der Waals surface area (Å²) in [6.45, 7) is 0. The molecule has 0 amide bonds. The highest BCUT2D eigenvalue weighted by molar-refractivity contribution is 7.92. The Morgan fingerprint density at radius 1 is 1.10 bits per heavy atom. The van der Waals surface area contributed by atoms with E-state index in [0.717, 1.165) is 17.7 Å². The molecular formula is C18H14S2. The fourth-order valence-corrected chi connectivity index (χ4v) is 3.65. The molecule has 0 bridgehead atoms. The van der Waals surface area contributed by atoms with Crippen LogP contribution in [0, 0.1) is 0 Å². The Labute approximate surface area is 129 Å². The molecule has 0 aliphatic heterocycles. The molecule has 0 spiro atoms. The molecular weight excluding hydrogens is 280 g/mol. The summed E-state index contributed by atoms with van der Waals surface area (Å²) in [4.78, 5) is 0.919. The summed E-state index contributed by atoms with van der Waals surface area (Å²) in [6, 6.07) is 8.84. The smallest absolute Gasteiger partial charge is 0.0179 e. The van der Waals surface area contributed by atoms with Crippen molar-refractivity contribution < 1.29 is 0 Å². The molecule has 0 saturated heterocycles. The second-order valence-corrected chi connectivity index (χ2v) is 6.02. The van der Waals surface area contributed by atoms with E-state index >= 15 is 0 Å². The first-order valence-corrected chi connectivity index (χ1v) is 7.74. The molecule has 0 heterocycles. The first-order chi connectivity index (χ1) is 9.79. The summed E-state index contributed by atoms with van der Waals surface area (Å²) >= 11 is 8.80. The standard InChI is InChI=1S/C18H14S2/c19-10-16(20)14-8-6-13-5-4-11-2-1-3-12-7-9-15(14)18(13)17(11)12/h1,3-4,6-10,19-20H,2,5H2/b16-10-. The third-order valence-corrected chi connectivity index (χ3v) is 5.05. The van der Waals surface area contributed by atoms with Crippen molar-refractivity contribution in [1.29, 1.82) is 0 Å². The average Bonchev–Trinajstić information content (AvgIpc) is 2.51. The van der Waals surface area contributed by atoms with E-state index in [9.17, 15) is 0 Å². The van der Waals surface area contributed by atoms with Crippen molar-refractivity contribution in [1.82, 2.24) is 0 Å². The van der Waals surface area contributed by atoms with Crippen molar-refractivity contribution in [3.63, 3.8) is 0 Å². The van der Waals surface area contributed by atoms with E-state index in [2.05, 4.69) is 67.8 Å². The molecule has 0 saturated carbocycles. The van der Waals surface area contributed by atoms with Gasteiger partial charge in [-0.15, -0.1) is 12.6 Å². The first-order valence-electron chi connectivity index (χ1n) is 6.78. The van der Waals surface area contributed by atoms with E-state index in [-0.39, 0.29) is 0 Å². The Hall–Kier alpha value is -1.38. The molecule has 0 nitrogen and oxygen atoms in total. The minimum absolute atomic E-state index is 0.919. The van der Waals surface area contributed by atoms with Gasteiger partial charge in [0.25, 0.3) is 0 Å². The van der Waals surface area contributed by atoms with Gasteiger partial charge in [-0.1, -0.05) is 42.5 Å². The van der Waals surface area contributed by atoms with Crippen LogP contribution in [0.15, 0.2) is 41.8 Å². The molecule has 0 unspecified atom stereocenters. The highest BCUT2D eigenvalue weighted by atomic mass is 32.1. The van der Waals surface area contributed by atoms with E-state index in [1.165, 1.54) is 38.6 Å². The lowest BCUT2D eigenvalue weighted by Gasteiger charge is -2.24. The summed E-state index contributed by atoms with van der Waals surface area (Å²) in [5.74, 6) is 0. The molecule has 98 valence electrons. The Kier molecular flexibility index (Phi) is 2.83. The van der Waals surface area contributed by atoms with E-state index in [1.54, 1.807) is 5.41 Å². The maximum Gasteiger partial charge on any atom is 0.0179 e. The van der Waals surface area contributed by atoms with Crippen molar-refractivity contribution in [2.24, 2.45) is 0 Å². The Morgan fingerprint density at radius 3 is 2.85 bits per heavy atom. The lowest BCUT2D eigenvalue weighted by atomic mass is 9.80. The van der Waals surface area contributed by atoms with Crippen LogP contribution in [0.2, 0.25) is 0 Å². The highest BCUT2D eigenvalue weighted by Crippen LogP contribution is 2.42. The molecule has 20 heavy (non-hydrogen) atoms. The van der Waals surface area contributed by atoms with Crippen LogP contribution in [0.5, 0.6) is 0 Å². The van der Waals surface area contributed by atoms with Crippen LogP contribution in [0.25, 0.3) is 27.3 Å². The van der Waals surface area contributed by atoms with Gasteiger partial charge in [-0.25, -0.2) is 0 Å². The molecule has 0 fully saturated rings. The highest BCUT2D eigenvalue weighted by Gasteiger charge is 2.20. The minimum Gasteiger partial charge on any atom is -0.150 e. The molecule has 0 radical (unpaired) electrons. The monoisotopic (exact) mass is 294 g/mol. The van der Waals surface area contributed by atoms with Crippen LogP contribution in [0.4, 0.5) is 0 Å². The van der Waals surface area contributed by atoms with Crippen molar-refractivity contribution in [3.8, 4) is 0 Å². The van der Waals surface area contributed by atoms with Gasteiger partial charge in [0.15, 0.2) is 0 Å². The van der Waals surface area contributed by atoms with Gasteiger partial charge in [-0.2, -0.15) is 12.6 Å². The lowest BCUT2D eigenvalue weighted by molar-refractivity contribution is 1.23. The average molecular weight is 294 g/mol. The van der Waals surface area contributed by atoms with Crippen molar-refractivity contribution >= 4 is 52.6 Å². The normalized spacial score (nSPS) is 16.5. The molecule has 2 aromatic carbocycles. The van der Waals surface area contributed by atoms with Crippen LogP contribution in [-0.4, -0.2) is 0 Å². The Bertz CT molecular complexity index is 823. The molecule has 2 heteroatoms. The van der Waals surface area contributed by atoms with Crippen molar-refractivity contribution in [2.75, 3.05) is 0 Å². The van der Waals surface area contributed by atoms with Crippen molar-refractivity contribution in [3.05, 3.63) is 64.1 Å². The fourth-order valence-electron chi connectivity index (χ4n) is 3.32. The Morgan fingerprint density at radius 2 is 2.00 bits per heavy atom. The number of thiol groups is 2. The predicted octanol–water partition coefficient (Wildman–Crippen LogP) is 5.35. The van der Waals surface area contributed by atoms with Crippen LogP contribution in [0.3, 0.4) is 0 Å². The third-order valence-electron chi connectivity index (χ3n) is 4.22. The summed E-state index contributed by atoms with van der Waals surface area (Å²) in [5, 5.41) is 4.46. The van der Waals surface area contributed by atoms with Crippen LogP contribution < -0.4 is 0 Å². The van der Waals surface area contributed by atoms with Gasteiger partial charge in [0, 0.05) is 4.91 Å². The zero-order valence-electron chi connectivity index (χ0n) is 10.9. The number of hydrogen-bond acceptors (Lipinski definition) is 2. The third kappa shape index (κ3) is 1.65. The van der Waals surface area contributed by atoms with Gasteiger partial charge in [-0.3, -0.25) is 0 Å². The maximum atomic E-state index is 4.55. The molecule has 0 N–H and O–H groups in total. The van der Waals surface area contributed by atoms with E-state index in [1.807, 2.05) is 0 Å². The predicted molar refractivity (Wildman–Crippen MR) is 95.2 cm³/mol. The topological polar surface area (TPSA) is 0 Å². The number of benzene rings is 2. The first kappa shape index (κ1) is 12.4. The van der Waals surface area contributed by atoms with Crippen LogP contribution >= 0.6 is 25.3 Å². The van der Waals surface area contributed by atoms with Gasteiger partial charge in [0.2, 0.25) is 0 Å². The minimum atomic E-state index is 0.919. The summed E-state index contributed by atoms with van der Waals surface area (Å²) < 4.78 is 0. The zero-order valence-corrected chi connectivity index (χ0v) is 12.7. The van der Waals surface area contributed by atoms with Gasteiger partial charge < -0.3 is 0 Å². The molecule has 0 atom stereocenters. The van der Waals surface area contributed by atoms with Gasteiger partial charge in [0.1, 0.15) is 0 Å².